The minimum atomic E-state index is -0.823. The molecular formula is C16H18N4O5S. The molecule has 2 rings (SSSR count). The summed E-state index contributed by atoms with van der Waals surface area (Å²) in [6, 6.07) is 5.92. The van der Waals surface area contributed by atoms with Gasteiger partial charge in [0.1, 0.15) is 21.9 Å². The second kappa shape index (κ2) is 8.30. The van der Waals surface area contributed by atoms with E-state index in [1.54, 1.807) is 33.2 Å². The Bertz CT molecular complexity index is 834. The number of carbonyl (C=O) groups excluding carboxylic acids is 3. The van der Waals surface area contributed by atoms with Crippen LogP contribution in [-0.4, -0.2) is 47.9 Å². The van der Waals surface area contributed by atoms with Crippen molar-refractivity contribution < 1.29 is 23.9 Å². The standard InChI is InChI=1S/C16H18N4O5S/c1-4-24-15(22)9-7-5-6-8-10(9)25-13-11(12(17)21)14(26-19-13)18-16(23)20(2)3/h5-8H,4H2,1-3H3,(H2,17,21)(H,18,23). The van der Waals surface area contributed by atoms with Gasteiger partial charge in [0, 0.05) is 14.1 Å². The minimum Gasteiger partial charge on any atom is -0.462 e. The first-order valence-corrected chi connectivity index (χ1v) is 8.34. The van der Waals surface area contributed by atoms with Crippen molar-refractivity contribution in [1.82, 2.24) is 9.27 Å². The summed E-state index contributed by atoms with van der Waals surface area (Å²) in [5.41, 5.74) is 5.50. The largest absolute Gasteiger partial charge is 0.462 e. The van der Waals surface area contributed by atoms with Gasteiger partial charge in [-0.15, -0.1) is 0 Å². The van der Waals surface area contributed by atoms with Crippen LogP contribution in [-0.2, 0) is 4.74 Å². The Morgan fingerprint density at radius 1 is 1.27 bits per heavy atom. The normalized spacial score (nSPS) is 10.1. The molecule has 0 aliphatic rings. The lowest BCUT2D eigenvalue weighted by Crippen LogP contribution is -2.28. The number of anilines is 1. The molecule has 0 spiro atoms. The Morgan fingerprint density at radius 2 is 1.96 bits per heavy atom. The van der Waals surface area contributed by atoms with Crippen LogP contribution in [0.5, 0.6) is 11.6 Å². The number of aromatic nitrogens is 1. The van der Waals surface area contributed by atoms with Gasteiger partial charge in [-0.3, -0.25) is 10.1 Å². The number of primary amides is 1. The summed E-state index contributed by atoms with van der Waals surface area (Å²) in [4.78, 5) is 36.9. The Labute approximate surface area is 153 Å². The average Bonchev–Trinajstić information content (AvgIpc) is 2.97. The SMILES string of the molecule is CCOC(=O)c1ccccc1Oc1nsc(NC(=O)N(C)C)c1C(N)=O. The molecule has 26 heavy (non-hydrogen) atoms. The van der Waals surface area contributed by atoms with E-state index in [0.29, 0.717) is 0 Å². The molecule has 0 bridgehead atoms. The first kappa shape index (κ1) is 19.2. The Hall–Kier alpha value is -3.14. The first-order valence-electron chi connectivity index (χ1n) is 7.56. The minimum absolute atomic E-state index is 0.0798. The van der Waals surface area contributed by atoms with Crippen LogP contribution in [0.4, 0.5) is 9.80 Å². The number of ether oxygens (including phenoxy) is 2. The van der Waals surface area contributed by atoms with Crippen molar-refractivity contribution in [2.75, 3.05) is 26.0 Å². The lowest BCUT2D eigenvalue weighted by atomic mass is 10.2. The number of urea groups is 1. The lowest BCUT2D eigenvalue weighted by Gasteiger charge is -2.11. The van der Waals surface area contributed by atoms with Crippen LogP contribution in [0.15, 0.2) is 24.3 Å². The molecule has 3 amide bonds. The summed E-state index contributed by atoms with van der Waals surface area (Å²) >= 11 is 0.843. The zero-order valence-corrected chi connectivity index (χ0v) is 15.3. The molecule has 2 aromatic rings. The smallest absolute Gasteiger partial charge is 0.341 e. The molecule has 0 radical (unpaired) electrons. The van der Waals surface area contributed by atoms with Gasteiger partial charge in [0.2, 0.25) is 5.88 Å². The van der Waals surface area contributed by atoms with Crippen LogP contribution in [0.2, 0.25) is 0 Å². The number of para-hydroxylation sites is 1. The predicted molar refractivity (Wildman–Crippen MR) is 95.8 cm³/mol. The number of esters is 1. The van der Waals surface area contributed by atoms with Crippen molar-refractivity contribution in [3.63, 3.8) is 0 Å². The fourth-order valence-corrected chi connectivity index (χ4v) is 2.61. The lowest BCUT2D eigenvalue weighted by molar-refractivity contribution is 0.0523. The van der Waals surface area contributed by atoms with Gasteiger partial charge < -0.3 is 20.1 Å². The van der Waals surface area contributed by atoms with Crippen LogP contribution in [0.25, 0.3) is 0 Å². The number of hydrogen-bond donors (Lipinski definition) is 2. The maximum absolute atomic E-state index is 12.0. The van der Waals surface area contributed by atoms with Gasteiger partial charge in [0.15, 0.2) is 0 Å². The van der Waals surface area contributed by atoms with E-state index in [9.17, 15) is 14.4 Å². The van der Waals surface area contributed by atoms with Gasteiger partial charge >= 0.3 is 12.0 Å². The fraction of sp³-hybridized carbons (Fsp3) is 0.250. The van der Waals surface area contributed by atoms with E-state index in [2.05, 4.69) is 9.69 Å². The summed E-state index contributed by atoms with van der Waals surface area (Å²) in [7, 11) is 3.10. The highest BCUT2D eigenvalue weighted by Gasteiger charge is 2.24. The second-order valence-corrected chi connectivity index (χ2v) is 5.97. The summed E-state index contributed by atoms with van der Waals surface area (Å²) in [5, 5.41) is 2.68. The Kier molecular flexibility index (Phi) is 6.12. The molecule has 0 fully saturated rings. The molecule has 0 aliphatic heterocycles. The molecule has 10 heteroatoms. The van der Waals surface area contributed by atoms with Gasteiger partial charge in [-0.2, -0.15) is 4.37 Å². The van der Waals surface area contributed by atoms with E-state index in [1.165, 1.54) is 17.0 Å². The third-order valence-corrected chi connectivity index (χ3v) is 3.87. The van der Waals surface area contributed by atoms with Crippen molar-refractivity contribution in [3.05, 3.63) is 35.4 Å². The molecular weight excluding hydrogens is 360 g/mol. The van der Waals surface area contributed by atoms with Crippen molar-refractivity contribution in [3.8, 4) is 11.6 Å². The van der Waals surface area contributed by atoms with Gasteiger partial charge in [-0.05, 0) is 30.6 Å². The molecule has 1 heterocycles. The number of rotatable bonds is 6. The molecule has 1 aromatic carbocycles. The van der Waals surface area contributed by atoms with E-state index < -0.39 is 17.9 Å². The highest BCUT2D eigenvalue weighted by molar-refractivity contribution is 7.11. The fourth-order valence-electron chi connectivity index (χ4n) is 1.89. The summed E-state index contributed by atoms with van der Waals surface area (Å²) < 4.78 is 14.6. The number of carbonyl (C=O) groups is 3. The van der Waals surface area contributed by atoms with Crippen LogP contribution >= 0.6 is 11.5 Å². The highest BCUT2D eigenvalue weighted by Crippen LogP contribution is 2.34. The molecule has 3 N–H and O–H groups in total. The van der Waals surface area contributed by atoms with Crippen LogP contribution in [0, 0.1) is 0 Å². The van der Waals surface area contributed by atoms with Crippen molar-refractivity contribution >= 4 is 34.4 Å². The van der Waals surface area contributed by atoms with Crippen molar-refractivity contribution in [2.45, 2.75) is 6.92 Å². The molecule has 138 valence electrons. The van der Waals surface area contributed by atoms with E-state index in [-0.39, 0.29) is 34.4 Å². The predicted octanol–water partition coefficient (Wildman–Crippen LogP) is 2.30. The van der Waals surface area contributed by atoms with E-state index >= 15 is 0 Å². The van der Waals surface area contributed by atoms with Crippen molar-refractivity contribution in [2.24, 2.45) is 5.73 Å². The van der Waals surface area contributed by atoms with Crippen LogP contribution in [0.1, 0.15) is 27.6 Å². The number of nitrogens with two attached hydrogens (primary N) is 1. The van der Waals surface area contributed by atoms with E-state index in [0.717, 1.165) is 11.5 Å². The topological polar surface area (TPSA) is 124 Å². The van der Waals surface area contributed by atoms with Crippen LogP contribution < -0.4 is 15.8 Å². The van der Waals surface area contributed by atoms with Gasteiger partial charge in [0.25, 0.3) is 5.91 Å². The van der Waals surface area contributed by atoms with Gasteiger partial charge in [0.05, 0.1) is 6.61 Å². The zero-order valence-electron chi connectivity index (χ0n) is 14.4. The number of benzene rings is 1. The molecule has 1 aromatic heterocycles. The van der Waals surface area contributed by atoms with Gasteiger partial charge in [-0.1, -0.05) is 12.1 Å². The molecule has 0 atom stereocenters. The first-order chi connectivity index (χ1) is 12.3. The Morgan fingerprint density at radius 3 is 2.58 bits per heavy atom. The summed E-state index contributed by atoms with van der Waals surface area (Å²) in [6.07, 6.45) is 0. The molecule has 9 nitrogen and oxygen atoms in total. The molecule has 0 unspecified atom stereocenters. The second-order valence-electron chi connectivity index (χ2n) is 5.20. The number of hydrogen-bond acceptors (Lipinski definition) is 7. The maximum atomic E-state index is 12.0. The number of amides is 3. The molecule has 0 saturated heterocycles. The van der Waals surface area contributed by atoms with E-state index in [4.69, 9.17) is 15.2 Å². The third-order valence-electron chi connectivity index (χ3n) is 3.12. The average molecular weight is 378 g/mol. The zero-order chi connectivity index (χ0) is 19.3. The van der Waals surface area contributed by atoms with Gasteiger partial charge in [-0.25, -0.2) is 9.59 Å². The number of nitrogens with zero attached hydrogens (tertiary/aromatic N) is 2. The molecule has 0 aliphatic carbocycles. The third kappa shape index (κ3) is 4.28. The van der Waals surface area contributed by atoms with Crippen molar-refractivity contribution in [1.29, 1.82) is 0 Å². The summed E-state index contributed by atoms with van der Waals surface area (Å²) in [5.74, 6) is -1.34. The monoisotopic (exact) mass is 378 g/mol. The maximum Gasteiger partial charge on any atom is 0.341 e. The van der Waals surface area contributed by atoms with E-state index in [1.807, 2.05) is 0 Å². The number of nitrogens with one attached hydrogen (secondary N) is 1. The highest BCUT2D eigenvalue weighted by atomic mass is 32.1. The Balaban J connectivity index is 2.36. The molecule has 0 saturated carbocycles. The quantitative estimate of drug-likeness (QED) is 0.743. The van der Waals surface area contributed by atoms with Crippen LogP contribution in [0.3, 0.4) is 0 Å². The summed E-state index contributed by atoms with van der Waals surface area (Å²) in [6.45, 7) is 1.89.